The molecule has 2 atom stereocenters. The van der Waals surface area contributed by atoms with Gasteiger partial charge in [-0.05, 0) is 31.5 Å². The van der Waals surface area contributed by atoms with E-state index in [0.29, 0.717) is 5.69 Å². The van der Waals surface area contributed by atoms with Gasteiger partial charge in [-0.15, -0.1) is 0 Å². The quantitative estimate of drug-likeness (QED) is 0.306. The average molecular weight is 536 g/mol. The summed E-state index contributed by atoms with van der Waals surface area (Å²) in [5, 5.41) is 12.1. The molecule has 0 saturated carbocycles. The molecule has 4 rings (SSSR count). The molecule has 1 aromatic carbocycles. The van der Waals surface area contributed by atoms with E-state index in [1.165, 1.54) is 17.0 Å². The Morgan fingerprint density at radius 1 is 1.24 bits per heavy atom. The molecule has 3 heterocycles. The Morgan fingerprint density at radius 3 is 2.59 bits per heavy atom. The normalized spacial score (nSPS) is 19.5. The average Bonchev–Trinajstić information content (AvgIpc) is 3.32. The van der Waals surface area contributed by atoms with E-state index >= 15 is 0 Å². The van der Waals surface area contributed by atoms with Gasteiger partial charge in [0.25, 0.3) is 0 Å². The monoisotopic (exact) mass is 535 g/mol. The molecule has 15 heteroatoms. The van der Waals surface area contributed by atoms with Crippen molar-refractivity contribution in [1.82, 2.24) is 29.8 Å². The van der Waals surface area contributed by atoms with Crippen molar-refractivity contribution in [2.75, 3.05) is 13.6 Å². The minimum atomic E-state index is -4.66. The van der Waals surface area contributed by atoms with Gasteiger partial charge >= 0.3 is 22.4 Å². The Morgan fingerprint density at radius 2 is 1.95 bits per heavy atom. The molecule has 37 heavy (non-hydrogen) atoms. The molecule has 0 radical (unpaired) electrons. The molecule has 200 valence electrons. The number of likely N-dealkylation sites (N-methyl/N-ethyl adjacent to an activating group) is 1. The van der Waals surface area contributed by atoms with Crippen molar-refractivity contribution in [3.8, 4) is 0 Å². The number of ether oxygens (including phenoxy) is 1. The standard InChI is InChI=1S/C22H29N7O7S/c1-22(2,3)35-20(30)26-37(32,33)36-25-19(23-4)18-17-15(11-24-27(17)5)16-12-28(18)21(31)29(16)34-13-14-9-7-6-8-10-14/h6-11,16,18H,12-13H2,1-5H3,(H,23,25)(H,26,30)/t16-,18+/m1/s1. The van der Waals surface area contributed by atoms with Gasteiger partial charge in [-0.25, -0.2) is 9.59 Å². The number of carbonyl (C=O) groups excluding carboxylic acids is 2. The van der Waals surface area contributed by atoms with Gasteiger partial charge in [-0.2, -0.15) is 23.3 Å². The summed E-state index contributed by atoms with van der Waals surface area (Å²) in [5.74, 6) is -0.00359. The maximum atomic E-state index is 13.4. The van der Waals surface area contributed by atoms with Gasteiger partial charge < -0.3 is 15.0 Å². The predicted molar refractivity (Wildman–Crippen MR) is 130 cm³/mol. The van der Waals surface area contributed by atoms with Crippen molar-refractivity contribution in [2.24, 2.45) is 12.2 Å². The summed E-state index contributed by atoms with van der Waals surface area (Å²) in [6.07, 6.45) is 0.417. The molecule has 2 aromatic rings. The van der Waals surface area contributed by atoms with Gasteiger partial charge in [-0.3, -0.25) is 13.8 Å². The van der Waals surface area contributed by atoms with Crippen LogP contribution in [0.4, 0.5) is 9.59 Å². The van der Waals surface area contributed by atoms with Crippen LogP contribution in [0.2, 0.25) is 0 Å². The van der Waals surface area contributed by atoms with Crippen LogP contribution in [0.1, 0.15) is 49.7 Å². The number of hydrogen-bond acceptors (Lipinski definition) is 9. The highest BCUT2D eigenvalue weighted by Gasteiger charge is 2.52. The molecule has 0 spiro atoms. The molecule has 2 aliphatic rings. The molecule has 14 nitrogen and oxygen atoms in total. The predicted octanol–water partition coefficient (Wildman–Crippen LogP) is 1.70. The third kappa shape index (κ3) is 5.61. The zero-order valence-corrected chi connectivity index (χ0v) is 21.9. The van der Waals surface area contributed by atoms with Gasteiger partial charge in [0.05, 0.1) is 18.4 Å². The highest BCUT2D eigenvalue weighted by Crippen LogP contribution is 2.44. The van der Waals surface area contributed by atoms with Crippen LogP contribution in [0.25, 0.3) is 0 Å². The van der Waals surface area contributed by atoms with Crippen LogP contribution in [0, 0.1) is 0 Å². The zero-order valence-electron chi connectivity index (χ0n) is 21.0. The van der Waals surface area contributed by atoms with Crippen molar-refractivity contribution in [1.29, 1.82) is 0 Å². The topological polar surface area (TPSA) is 157 Å². The number of aryl methyl sites for hydroxylation is 1. The van der Waals surface area contributed by atoms with Gasteiger partial charge in [0.2, 0.25) is 0 Å². The van der Waals surface area contributed by atoms with E-state index in [0.717, 1.165) is 11.1 Å². The summed E-state index contributed by atoms with van der Waals surface area (Å²) >= 11 is 0. The number of fused-ring (bicyclic) bond motifs is 4. The summed E-state index contributed by atoms with van der Waals surface area (Å²) < 4.78 is 37.4. The lowest BCUT2D eigenvalue weighted by Gasteiger charge is -2.31. The molecule has 2 aliphatic heterocycles. The lowest BCUT2D eigenvalue weighted by Crippen LogP contribution is -2.44. The van der Waals surface area contributed by atoms with Crippen LogP contribution in [0.15, 0.2) is 41.7 Å². The minimum Gasteiger partial charge on any atom is -0.443 e. The van der Waals surface area contributed by atoms with Gasteiger partial charge in [0.1, 0.15) is 24.3 Å². The second-order valence-corrected chi connectivity index (χ2v) is 10.7. The highest BCUT2D eigenvalue weighted by atomic mass is 32.2. The molecule has 1 aromatic heterocycles. The van der Waals surface area contributed by atoms with Crippen molar-refractivity contribution in [2.45, 2.75) is 45.1 Å². The largest absolute Gasteiger partial charge is 0.443 e. The van der Waals surface area contributed by atoms with Crippen LogP contribution in [-0.4, -0.2) is 65.3 Å². The second-order valence-electron chi connectivity index (χ2n) is 9.41. The number of benzene rings is 1. The molecule has 3 amide bonds. The maximum absolute atomic E-state index is 13.4. The fourth-order valence-electron chi connectivity index (χ4n) is 4.12. The maximum Gasteiger partial charge on any atom is 0.431 e. The highest BCUT2D eigenvalue weighted by molar-refractivity contribution is 7.85. The van der Waals surface area contributed by atoms with Gasteiger partial charge in [0, 0.05) is 19.7 Å². The minimum absolute atomic E-state index is 0.00359. The number of aromatic nitrogens is 2. The number of amidine groups is 1. The van der Waals surface area contributed by atoms with Crippen molar-refractivity contribution in [3.63, 3.8) is 0 Å². The van der Waals surface area contributed by atoms with Crippen LogP contribution >= 0.6 is 0 Å². The third-order valence-corrected chi connectivity index (χ3v) is 6.29. The number of hydroxylamine groups is 2. The Bertz CT molecular complexity index is 1300. The smallest absolute Gasteiger partial charge is 0.431 e. The van der Waals surface area contributed by atoms with Crippen LogP contribution < -0.4 is 10.0 Å². The molecule has 2 bridgehead atoms. The van der Waals surface area contributed by atoms with E-state index < -0.39 is 40.1 Å². The summed E-state index contributed by atoms with van der Waals surface area (Å²) in [7, 11) is -1.46. The lowest BCUT2D eigenvalue weighted by atomic mass is 9.97. The van der Waals surface area contributed by atoms with Crippen molar-refractivity contribution < 1.29 is 31.9 Å². The fourth-order valence-corrected chi connectivity index (χ4v) is 4.59. The Kier molecular flexibility index (Phi) is 7.01. The van der Waals surface area contributed by atoms with Crippen LogP contribution in [-0.2, 0) is 37.8 Å². The number of oxime groups is 1. The van der Waals surface area contributed by atoms with E-state index in [4.69, 9.17) is 13.9 Å². The summed E-state index contributed by atoms with van der Waals surface area (Å²) in [5.41, 5.74) is 1.30. The SMILES string of the molecule is CN/C(=N\OS(=O)(=O)NC(=O)OC(C)(C)C)[C@@H]1c2c(cnn2C)[C@H]2CN1C(=O)N2OCc1ccccc1. The molecular weight excluding hydrogens is 506 g/mol. The van der Waals surface area contributed by atoms with E-state index in [-0.39, 0.29) is 19.0 Å². The fraction of sp³-hybridized carbons (Fsp3) is 0.455. The first-order chi connectivity index (χ1) is 17.4. The first kappa shape index (κ1) is 26.2. The second kappa shape index (κ2) is 9.89. The molecule has 1 saturated heterocycles. The van der Waals surface area contributed by atoms with Crippen molar-refractivity contribution >= 4 is 28.3 Å². The van der Waals surface area contributed by atoms with Crippen LogP contribution in [0.3, 0.4) is 0 Å². The molecule has 0 aliphatic carbocycles. The number of hydrogen-bond donors (Lipinski definition) is 2. The Hall–Kier alpha value is -3.85. The summed E-state index contributed by atoms with van der Waals surface area (Å²) in [6, 6.07) is 7.71. The van der Waals surface area contributed by atoms with E-state index in [2.05, 4.69) is 15.6 Å². The third-order valence-electron chi connectivity index (χ3n) is 5.60. The van der Waals surface area contributed by atoms with Gasteiger partial charge in [-0.1, -0.05) is 30.3 Å². The van der Waals surface area contributed by atoms with E-state index in [9.17, 15) is 18.0 Å². The first-order valence-corrected chi connectivity index (χ1v) is 12.8. The molecule has 1 fully saturated rings. The molecule has 2 N–H and O–H groups in total. The number of carbonyl (C=O) groups is 2. The first-order valence-electron chi connectivity index (χ1n) is 11.4. The summed E-state index contributed by atoms with van der Waals surface area (Å²) in [6.45, 7) is 5.18. The van der Waals surface area contributed by atoms with E-state index in [1.54, 1.807) is 43.4 Å². The zero-order chi connectivity index (χ0) is 27.0. The molecule has 0 unspecified atom stereocenters. The Labute approximate surface area is 214 Å². The summed E-state index contributed by atoms with van der Waals surface area (Å²) in [4.78, 5) is 32.6. The van der Waals surface area contributed by atoms with Crippen LogP contribution in [0.5, 0.6) is 0 Å². The molecular formula is C22H29N7O7S. The lowest BCUT2D eigenvalue weighted by molar-refractivity contribution is -0.141. The van der Waals surface area contributed by atoms with Gasteiger partial charge in [0.15, 0.2) is 5.84 Å². The van der Waals surface area contributed by atoms with E-state index in [1.807, 2.05) is 30.3 Å². The number of rotatable bonds is 7. The van der Waals surface area contributed by atoms with Crippen molar-refractivity contribution in [3.05, 3.63) is 53.3 Å². The number of amides is 3. The number of nitrogens with one attached hydrogen (secondary N) is 2. The number of urea groups is 1. The Balaban J connectivity index is 1.57. The number of nitrogens with zero attached hydrogens (tertiary/aromatic N) is 5.